The highest BCUT2D eigenvalue weighted by atomic mass is 16.6. The number of hydrogen-bond donors (Lipinski definition) is 1. The van der Waals surface area contributed by atoms with Crippen molar-refractivity contribution in [1.29, 1.82) is 0 Å². The minimum Gasteiger partial charge on any atom is -0.496 e. The Morgan fingerprint density at radius 3 is 2.41 bits per heavy atom. The summed E-state index contributed by atoms with van der Waals surface area (Å²) in [4.78, 5) is 35.1. The second-order valence-electron chi connectivity index (χ2n) is 6.69. The van der Waals surface area contributed by atoms with Crippen molar-refractivity contribution in [3.8, 4) is 17.2 Å². The lowest BCUT2D eigenvalue weighted by Gasteiger charge is -2.15. The van der Waals surface area contributed by atoms with Crippen LogP contribution < -0.4 is 19.5 Å². The summed E-state index contributed by atoms with van der Waals surface area (Å²) in [6.07, 6.45) is 0.659. The van der Waals surface area contributed by atoms with Crippen molar-refractivity contribution >= 4 is 23.3 Å². The molecule has 32 heavy (non-hydrogen) atoms. The normalized spacial score (nSPS) is 10.2. The zero-order valence-corrected chi connectivity index (χ0v) is 18.4. The Kier molecular flexibility index (Phi) is 8.82. The minimum atomic E-state index is -0.639. The number of nitro groups is 1. The Bertz CT molecular complexity index is 990. The van der Waals surface area contributed by atoms with Crippen LogP contribution in [0, 0.1) is 17.0 Å². The zero-order chi connectivity index (χ0) is 23.7. The number of benzene rings is 2. The SMILES string of the molecule is CCOC(=O)CCCOc1ccc(C)cc1NC(=O)c1cc([N+](=O)[O-])c(OC)cc1OC. The van der Waals surface area contributed by atoms with E-state index in [2.05, 4.69) is 5.32 Å². The Hall–Kier alpha value is -3.82. The number of aryl methyl sites for hydroxylation is 1. The number of ether oxygens (including phenoxy) is 4. The molecule has 0 aliphatic carbocycles. The van der Waals surface area contributed by atoms with Crippen molar-refractivity contribution in [3.05, 3.63) is 51.6 Å². The molecule has 0 saturated heterocycles. The predicted octanol–water partition coefficient (Wildman–Crippen LogP) is 3.89. The summed E-state index contributed by atoms with van der Waals surface area (Å²) in [5, 5.41) is 14.1. The van der Waals surface area contributed by atoms with Crippen molar-refractivity contribution in [1.82, 2.24) is 0 Å². The van der Waals surface area contributed by atoms with Crippen molar-refractivity contribution in [2.45, 2.75) is 26.7 Å². The summed E-state index contributed by atoms with van der Waals surface area (Å²) in [5.74, 6) is -0.426. The molecular weight excluding hydrogens is 420 g/mol. The summed E-state index contributed by atoms with van der Waals surface area (Å²) in [7, 11) is 2.64. The molecule has 0 fully saturated rings. The predicted molar refractivity (Wildman–Crippen MR) is 117 cm³/mol. The molecule has 10 heteroatoms. The van der Waals surface area contributed by atoms with Gasteiger partial charge in [-0.2, -0.15) is 0 Å². The maximum atomic E-state index is 13.0. The molecule has 0 spiro atoms. The van der Waals surface area contributed by atoms with Gasteiger partial charge >= 0.3 is 11.7 Å². The number of rotatable bonds is 11. The zero-order valence-electron chi connectivity index (χ0n) is 18.4. The Morgan fingerprint density at radius 2 is 1.78 bits per heavy atom. The molecule has 0 aliphatic heterocycles. The van der Waals surface area contributed by atoms with E-state index in [-0.39, 0.29) is 41.7 Å². The highest BCUT2D eigenvalue weighted by molar-refractivity contribution is 6.07. The first-order chi connectivity index (χ1) is 15.3. The molecule has 2 aromatic carbocycles. The van der Waals surface area contributed by atoms with Gasteiger partial charge in [0.05, 0.1) is 43.6 Å². The summed E-state index contributed by atoms with van der Waals surface area (Å²) >= 11 is 0. The van der Waals surface area contributed by atoms with E-state index in [1.165, 1.54) is 20.3 Å². The van der Waals surface area contributed by atoms with Crippen LogP contribution in [-0.2, 0) is 9.53 Å². The number of carbonyl (C=O) groups is 2. The molecule has 0 heterocycles. The van der Waals surface area contributed by atoms with Crippen LogP contribution in [0.3, 0.4) is 0 Å². The fourth-order valence-electron chi connectivity index (χ4n) is 2.89. The number of esters is 1. The smallest absolute Gasteiger partial charge is 0.311 e. The van der Waals surface area contributed by atoms with Gasteiger partial charge in [-0.25, -0.2) is 0 Å². The van der Waals surface area contributed by atoms with Gasteiger partial charge in [-0.15, -0.1) is 0 Å². The Morgan fingerprint density at radius 1 is 1.06 bits per heavy atom. The number of amides is 1. The van der Waals surface area contributed by atoms with Crippen LogP contribution in [0.25, 0.3) is 0 Å². The maximum Gasteiger partial charge on any atom is 0.311 e. The lowest BCUT2D eigenvalue weighted by molar-refractivity contribution is -0.385. The minimum absolute atomic E-state index is 0.0235. The summed E-state index contributed by atoms with van der Waals surface area (Å²) < 4.78 is 20.8. The lowest BCUT2D eigenvalue weighted by atomic mass is 10.1. The first-order valence-electron chi connectivity index (χ1n) is 9.91. The molecule has 1 amide bonds. The number of carbonyl (C=O) groups excluding carboxylic acids is 2. The molecule has 10 nitrogen and oxygen atoms in total. The number of nitrogens with zero attached hydrogens (tertiary/aromatic N) is 1. The average molecular weight is 446 g/mol. The van der Waals surface area contributed by atoms with E-state index in [1.54, 1.807) is 19.1 Å². The van der Waals surface area contributed by atoms with Gasteiger partial charge in [0.2, 0.25) is 5.75 Å². The molecule has 0 saturated carbocycles. The standard InChI is InChI=1S/C22H26N2O8/c1-5-31-21(25)7-6-10-32-18-9-8-14(2)11-16(18)23-22(26)15-12-17(24(27)28)20(30-4)13-19(15)29-3/h8-9,11-13H,5-7,10H2,1-4H3,(H,23,26). The van der Waals surface area contributed by atoms with Crippen LogP contribution >= 0.6 is 0 Å². The van der Waals surface area contributed by atoms with E-state index in [0.29, 0.717) is 24.5 Å². The van der Waals surface area contributed by atoms with Crippen LogP contribution in [0.1, 0.15) is 35.7 Å². The van der Waals surface area contributed by atoms with Crippen LogP contribution in [-0.4, -0.2) is 44.2 Å². The fraction of sp³-hybridized carbons (Fsp3) is 0.364. The van der Waals surface area contributed by atoms with Gasteiger partial charge in [0, 0.05) is 18.6 Å². The van der Waals surface area contributed by atoms with E-state index in [1.807, 2.05) is 13.0 Å². The monoisotopic (exact) mass is 446 g/mol. The van der Waals surface area contributed by atoms with Crippen molar-refractivity contribution in [2.75, 3.05) is 32.8 Å². The van der Waals surface area contributed by atoms with Crippen LogP contribution in [0.15, 0.2) is 30.3 Å². The van der Waals surface area contributed by atoms with Gasteiger partial charge in [-0.1, -0.05) is 6.07 Å². The topological polar surface area (TPSA) is 126 Å². The van der Waals surface area contributed by atoms with Crippen LogP contribution in [0.4, 0.5) is 11.4 Å². The van der Waals surface area contributed by atoms with Crippen molar-refractivity contribution < 1.29 is 33.5 Å². The third kappa shape index (κ3) is 6.34. The van der Waals surface area contributed by atoms with E-state index in [0.717, 1.165) is 11.6 Å². The van der Waals surface area contributed by atoms with Crippen molar-refractivity contribution in [2.24, 2.45) is 0 Å². The third-order valence-corrected chi connectivity index (χ3v) is 4.41. The third-order valence-electron chi connectivity index (χ3n) is 4.41. The summed E-state index contributed by atoms with van der Waals surface area (Å²) in [6, 6.07) is 7.61. The van der Waals surface area contributed by atoms with E-state index >= 15 is 0 Å². The molecule has 172 valence electrons. The van der Waals surface area contributed by atoms with E-state index in [9.17, 15) is 19.7 Å². The van der Waals surface area contributed by atoms with Crippen LogP contribution in [0.5, 0.6) is 17.2 Å². The fourth-order valence-corrected chi connectivity index (χ4v) is 2.89. The number of hydrogen-bond acceptors (Lipinski definition) is 8. The Labute approximate surface area is 185 Å². The van der Waals surface area contributed by atoms with Gasteiger partial charge < -0.3 is 24.3 Å². The number of anilines is 1. The molecule has 0 unspecified atom stereocenters. The van der Waals surface area contributed by atoms with Gasteiger partial charge in [-0.05, 0) is 38.0 Å². The van der Waals surface area contributed by atoms with E-state index < -0.39 is 10.8 Å². The molecule has 1 N–H and O–H groups in total. The number of nitrogens with one attached hydrogen (secondary N) is 1. The molecule has 2 aromatic rings. The van der Waals surface area contributed by atoms with Gasteiger partial charge in [0.1, 0.15) is 11.5 Å². The Balaban J connectivity index is 2.22. The first kappa shape index (κ1) is 24.4. The number of nitro benzene ring substituents is 1. The lowest BCUT2D eigenvalue weighted by Crippen LogP contribution is -2.15. The molecule has 0 bridgehead atoms. The van der Waals surface area contributed by atoms with Gasteiger partial charge in [0.25, 0.3) is 5.91 Å². The van der Waals surface area contributed by atoms with E-state index in [4.69, 9.17) is 18.9 Å². The molecule has 0 radical (unpaired) electrons. The quantitative estimate of drug-likeness (QED) is 0.238. The average Bonchev–Trinajstić information content (AvgIpc) is 2.76. The highest BCUT2D eigenvalue weighted by Gasteiger charge is 2.24. The molecule has 2 rings (SSSR count). The van der Waals surface area contributed by atoms with Crippen LogP contribution in [0.2, 0.25) is 0 Å². The van der Waals surface area contributed by atoms with Crippen molar-refractivity contribution in [3.63, 3.8) is 0 Å². The second kappa shape index (κ2) is 11.5. The molecule has 0 aromatic heterocycles. The summed E-state index contributed by atoms with van der Waals surface area (Å²) in [6.45, 7) is 4.14. The largest absolute Gasteiger partial charge is 0.496 e. The number of methoxy groups -OCH3 is 2. The molecule has 0 aliphatic rings. The first-order valence-corrected chi connectivity index (χ1v) is 9.91. The molecule has 0 atom stereocenters. The second-order valence-corrected chi connectivity index (χ2v) is 6.69. The summed E-state index contributed by atoms with van der Waals surface area (Å²) in [5.41, 5.74) is 0.853. The molecular formula is C22H26N2O8. The highest BCUT2D eigenvalue weighted by Crippen LogP contribution is 2.35. The maximum absolute atomic E-state index is 13.0. The van der Waals surface area contributed by atoms with Gasteiger partial charge in [-0.3, -0.25) is 19.7 Å². The van der Waals surface area contributed by atoms with Gasteiger partial charge in [0.15, 0.2) is 0 Å².